The van der Waals surface area contributed by atoms with E-state index in [1.54, 1.807) is 24.4 Å². The van der Waals surface area contributed by atoms with E-state index in [4.69, 9.17) is 0 Å². The number of Topliss-reactive ketones (excluding diaryl/α,β-unsaturated/α-hetero) is 1. The third kappa shape index (κ3) is 2.25. The van der Waals surface area contributed by atoms with Crippen LogP contribution < -0.4 is 0 Å². The number of carbonyl (C=O) groups excluding carboxylic acids is 1. The number of rotatable bonds is 3. The number of hydrogen-bond donors (Lipinski definition) is 0. The van der Waals surface area contributed by atoms with Gasteiger partial charge >= 0.3 is 0 Å². The lowest BCUT2D eigenvalue weighted by molar-refractivity contribution is 0.0939. The first-order valence-corrected chi connectivity index (χ1v) is 4.28. The van der Waals surface area contributed by atoms with E-state index in [0.717, 1.165) is 5.69 Å². The van der Waals surface area contributed by atoms with Crippen molar-refractivity contribution in [1.82, 2.24) is 4.98 Å². The Morgan fingerprint density at radius 3 is 2.85 bits per heavy atom. The molecule has 68 valence electrons. The van der Waals surface area contributed by atoms with Crippen LogP contribution in [0.3, 0.4) is 0 Å². The van der Waals surface area contributed by atoms with Gasteiger partial charge in [0.25, 0.3) is 0 Å². The van der Waals surface area contributed by atoms with E-state index >= 15 is 0 Å². The molecule has 0 bridgehead atoms. The highest BCUT2D eigenvalue weighted by Gasteiger charge is 2.09. The Labute approximate surface area is 78.3 Å². The van der Waals surface area contributed by atoms with Gasteiger partial charge in [0, 0.05) is 17.7 Å². The summed E-state index contributed by atoms with van der Waals surface area (Å²) in [6, 6.07) is 3.49. The van der Waals surface area contributed by atoms with Crippen molar-refractivity contribution in [2.75, 3.05) is 0 Å². The van der Waals surface area contributed by atoms with Crippen LogP contribution in [0.2, 0.25) is 0 Å². The third-order valence-corrected chi connectivity index (χ3v) is 1.80. The molecule has 2 nitrogen and oxygen atoms in total. The summed E-state index contributed by atoms with van der Waals surface area (Å²) in [5.74, 6) is 0.172. The maximum Gasteiger partial charge on any atom is 0.165 e. The Morgan fingerprint density at radius 1 is 1.62 bits per heavy atom. The minimum atomic E-state index is 0.0278. The number of hydrogen-bond acceptors (Lipinski definition) is 2. The summed E-state index contributed by atoms with van der Waals surface area (Å²) in [4.78, 5) is 15.6. The molecule has 0 N–H and O–H groups in total. The van der Waals surface area contributed by atoms with Crippen LogP contribution in [0.5, 0.6) is 0 Å². The molecule has 0 saturated carbocycles. The number of carbonyl (C=O) groups is 1. The number of pyridine rings is 1. The van der Waals surface area contributed by atoms with Crippen LogP contribution in [0.4, 0.5) is 0 Å². The maximum absolute atomic E-state index is 11.6. The Kier molecular flexibility index (Phi) is 2.96. The summed E-state index contributed by atoms with van der Waals surface area (Å²) in [6.07, 6.45) is 3.27. The van der Waals surface area contributed by atoms with Gasteiger partial charge in [0.2, 0.25) is 0 Å². The third-order valence-electron chi connectivity index (χ3n) is 1.80. The van der Waals surface area contributed by atoms with Gasteiger partial charge in [0.05, 0.1) is 5.69 Å². The zero-order valence-electron chi connectivity index (χ0n) is 7.95. The molecular formula is C11H13NO. The van der Waals surface area contributed by atoms with Crippen LogP contribution in [-0.2, 0) is 0 Å². The smallest absolute Gasteiger partial charge is 0.165 e. The molecule has 0 aliphatic rings. The predicted octanol–water partition coefficient (Wildman–Crippen LogP) is 2.56. The van der Waals surface area contributed by atoms with Crippen LogP contribution >= 0.6 is 0 Å². The minimum Gasteiger partial charge on any atom is -0.294 e. The quantitative estimate of drug-likeness (QED) is 0.661. The fraction of sp³-hybridized carbons (Fsp3) is 0.273. The largest absolute Gasteiger partial charge is 0.294 e. The van der Waals surface area contributed by atoms with Crippen LogP contribution in [0, 0.1) is 5.92 Å². The first-order valence-electron chi connectivity index (χ1n) is 4.28. The van der Waals surface area contributed by atoms with Crippen molar-refractivity contribution in [2.24, 2.45) is 5.92 Å². The van der Waals surface area contributed by atoms with E-state index in [2.05, 4.69) is 11.6 Å². The average Bonchev–Trinajstić information content (AvgIpc) is 2.16. The zero-order chi connectivity index (χ0) is 9.84. The molecule has 1 rings (SSSR count). The summed E-state index contributed by atoms with van der Waals surface area (Å²) >= 11 is 0. The molecule has 0 spiro atoms. The van der Waals surface area contributed by atoms with Crippen molar-refractivity contribution < 1.29 is 4.79 Å². The summed E-state index contributed by atoms with van der Waals surface area (Å²) in [5.41, 5.74) is 1.45. The molecule has 0 aliphatic heterocycles. The van der Waals surface area contributed by atoms with Crippen LogP contribution in [0.25, 0.3) is 6.08 Å². The summed E-state index contributed by atoms with van der Waals surface area (Å²) in [6.45, 7) is 7.37. The molecule has 13 heavy (non-hydrogen) atoms. The lowest BCUT2D eigenvalue weighted by atomic mass is 10.0. The van der Waals surface area contributed by atoms with E-state index < -0.39 is 0 Å². The first kappa shape index (κ1) is 9.65. The van der Waals surface area contributed by atoms with Gasteiger partial charge in [-0.1, -0.05) is 20.4 Å². The molecule has 0 amide bonds. The molecule has 1 heterocycles. The van der Waals surface area contributed by atoms with Crippen LogP contribution in [0.15, 0.2) is 24.9 Å². The molecule has 0 aromatic carbocycles. The van der Waals surface area contributed by atoms with Crippen molar-refractivity contribution in [1.29, 1.82) is 0 Å². The number of aromatic nitrogens is 1. The molecule has 0 fully saturated rings. The monoisotopic (exact) mass is 175 g/mol. The Hall–Kier alpha value is -1.44. The van der Waals surface area contributed by atoms with Crippen molar-refractivity contribution in [2.45, 2.75) is 13.8 Å². The normalized spacial score (nSPS) is 10.1. The Morgan fingerprint density at radius 2 is 2.31 bits per heavy atom. The lowest BCUT2D eigenvalue weighted by Gasteiger charge is -2.03. The molecule has 0 radical (unpaired) electrons. The van der Waals surface area contributed by atoms with E-state index in [-0.39, 0.29) is 11.7 Å². The maximum atomic E-state index is 11.6. The fourth-order valence-corrected chi connectivity index (χ4v) is 1.05. The number of ketones is 1. The van der Waals surface area contributed by atoms with E-state index in [9.17, 15) is 4.79 Å². The van der Waals surface area contributed by atoms with Gasteiger partial charge < -0.3 is 0 Å². The van der Waals surface area contributed by atoms with E-state index in [1.807, 2.05) is 13.8 Å². The Balaban J connectivity index is 3.01. The summed E-state index contributed by atoms with van der Waals surface area (Å²) in [7, 11) is 0. The molecule has 1 aromatic rings. The van der Waals surface area contributed by atoms with Crippen molar-refractivity contribution in [3.63, 3.8) is 0 Å². The topological polar surface area (TPSA) is 30.0 Å². The van der Waals surface area contributed by atoms with Crippen LogP contribution in [0.1, 0.15) is 29.9 Å². The predicted molar refractivity (Wildman–Crippen MR) is 53.5 cm³/mol. The molecule has 0 aliphatic carbocycles. The van der Waals surface area contributed by atoms with Gasteiger partial charge in [-0.05, 0) is 18.2 Å². The fourth-order valence-electron chi connectivity index (χ4n) is 1.05. The first-order chi connectivity index (χ1) is 6.15. The van der Waals surface area contributed by atoms with Gasteiger partial charge in [0.15, 0.2) is 5.78 Å². The SMILES string of the molecule is C=Cc1cc(C(=O)C(C)C)ccn1. The van der Waals surface area contributed by atoms with Crippen molar-refractivity contribution >= 4 is 11.9 Å². The summed E-state index contributed by atoms with van der Waals surface area (Å²) in [5, 5.41) is 0. The molecule has 0 unspecified atom stereocenters. The van der Waals surface area contributed by atoms with Gasteiger partial charge in [-0.15, -0.1) is 0 Å². The highest BCUT2D eigenvalue weighted by molar-refractivity contribution is 5.97. The Bertz CT molecular complexity index is 329. The van der Waals surface area contributed by atoms with Crippen LogP contribution in [-0.4, -0.2) is 10.8 Å². The van der Waals surface area contributed by atoms with Gasteiger partial charge in [-0.25, -0.2) is 0 Å². The zero-order valence-corrected chi connectivity index (χ0v) is 7.95. The summed E-state index contributed by atoms with van der Waals surface area (Å²) < 4.78 is 0. The van der Waals surface area contributed by atoms with E-state index in [1.165, 1.54) is 0 Å². The molecule has 0 atom stereocenters. The average molecular weight is 175 g/mol. The molecule has 0 saturated heterocycles. The van der Waals surface area contributed by atoms with Gasteiger partial charge in [-0.2, -0.15) is 0 Å². The lowest BCUT2D eigenvalue weighted by Crippen LogP contribution is -2.07. The molecule has 1 aromatic heterocycles. The number of nitrogens with zero attached hydrogens (tertiary/aromatic N) is 1. The van der Waals surface area contributed by atoms with Crippen molar-refractivity contribution in [3.8, 4) is 0 Å². The van der Waals surface area contributed by atoms with E-state index in [0.29, 0.717) is 5.56 Å². The molecular weight excluding hydrogens is 162 g/mol. The second-order valence-corrected chi connectivity index (χ2v) is 3.19. The highest BCUT2D eigenvalue weighted by atomic mass is 16.1. The minimum absolute atomic E-state index is 0.0278. The second-order valence-electron chi connectivity index (χ2n) is 3.19. The standard InChI is InChI=1S/C11H13NO/c1-4-10-7-9(5-6-12-10)11(13)8(2)3/h4-8H,1H2,2-3H3. The second kappa shape index (κ2) is 3.99. The van der Waals surface area contributed by atoms with Gasteiger partial charge in [0.1, 0.15) is 0 Å². The molecule has 2 heteroatoms. The highest BCUT2D eigenvalue weighted by Crippen LogP contribution is 2.09. The van der Waals surface area contributed by atoms with Gasteiger partial charge in [-0.3, -0.25) is 9.78 Å². The van der Waals surface area contributed by atoms with Crippen molar-refractivity contribution in [3.05, 3.63) is 36.2 Å².